The number of hydrogen-bond acceptors (Lipinski definition) is 0. The smallest absolute Gasteiger partial charge is 0.166 e. The molecule has 0 aromatic heterocycles. The molecule has 9 rings (SSSR count). The molecule has 13 heteroatoms. The second-order valence-electron chi connectivity index (χ2n) is 55.1. The average Bonchev–Trinajstić information content (AvgIpc) is 0.721. The molecule has 0 aliphatic rings. The maximum absolute atomic E-state index is 12.8. The van der Waals surface area contributed by atoms with Crippen LogP contribution in [0.3, 0.4) is 0 Å². The number of benzene rings is 9. The minimum absolute atomic E-state index is 0.0371. The molecule has 0 atom stereocenters. The maximum atomic E-state index is 12.8. The molecule has 9 aromatic carbocycles. The van der Waals surface area contributed by atoms with E-state index in [0.717, 1.165) is 33.6 Å². The van der Waals surface area contributed by atoms with Crippen LogP contribution in [0.5, 0.6) is 0 Å². The molecular weight excluding hydrogens is 1780 g/mol. The van der Waals surface area contributed by atoms with Gasteiger partial charge in [-0.2, -0.15) is 26.3 Å². The van der Waals surface area contributed by atoms with Gasteiger partial charge in [0.15, 0.2) is 0 Å². The summed E-state index contributed by atoms with van der Waals surface area (Å²) < 4.78 is 109. The zero-order valence-corrected chi connectivity index (χ0v) is 103. The molecule has 135 heavy (non-hydrogen) atoms. The van der Waals surface area contributed by atoms with E-state index in [9.17, 15) is 26.3 Å². The summed E-state index contributed by atoms with van der Waals surface area (Å²) >= 11 is 0. The first-order chi connectivity index (χ1) is 61.7. The summed E-state index contributed by atoms with van der Waals surface area (Å²) in [4.78, 5) is 0. The van der Waals surface area contributed by atoms with Gasteiger partial charge in [0, 0.05) is 32.3 Å². The highest BCUT2D eigenvalue weighted by Crippen LogP contribution is 2.46. The Morgan fingerprint density at radius 3 is 0.770 bits per heavy atom. The lowest BCUT2D eigenvalue weighted by Gasteiger charge is -2.41. The molecule has 754 valence electrons. The van der Waals surface area contributed by atoms with Crippen LogP contribution in [0.15, 0.2) is 188 Å². The van der Waals surface area contributed by atoms with Gasteiger partial charge in [-0.25, -0.2) is 0 Å². The van der Waals surface area contributed by atoms with E-state index in [4.69, 9.17) is 5.48 Å². The van der Waals surface area contributed by atoms with Gasteiger partial charge in [-0.3, -0.25) is 0 Å². The van der Waals surface area contributed by atoms with E-state index >= 15 is 0 Å². The fraction of sp³-hybridized carbons (Fsp3) is 0.557. The van der Waals surface area contributed by atoms with Gasteiger partial charge in [0.25, 0.3) is 0 Å². The summed E-state index contributed by atoms with van der Waals surface area (Å²) in [6.45, 7) is 122. The van der Waals surface area contributed by atoms with Crippen LogP contribution in [0.2, 0.25) is 148 Å². The van der Waals surface area contributed by atoms with Gasteiger partial charge < -0.3 is 0 Å². The van der Waals surface area contributed by atoms with E-state index in [1.54, 1.807) is 105 Å². The third kappa shape index (κ3) is 39.5. The molecular formula is C122H196F6Si7. The van der Waals surface area contributed by atoms with Crippen molar-refractivity contribution in [1.82, 2.24) is 0 Å². The molecule has 0 amide bonds. The Bertz CT molecular complexity index is 5170. The fourth-order valence-electron chi connectivity index (χ4n) is 20.0. The van der Waals surface area contributed by atoms with Gasteiger partial charge in [-0.05, 0) is 213 Å². The summed E-state index contributed by atoms with van der Waals surface area (Å²) in [6.07, 6.45) is -5.93. The normalized spacial score (nSPS) is 13.6. The molecule has 0 N–H and O–H groups in total. The second kappa shape index (κ2) is 46.9. The van der Waals surface area contributed by atoms with Crippen molar-refractivity contribution in [2.24, 2.45) is 0 Å². The fourth-order valence-corrected chi connectivity index (χ4v) is 49.8. The van der Waals surface area contributed by atoms with Crippen LogP contribution in [-0.2, 0) is 73.9 Å². The minimum Gasteiger partial charge on any atom is -0.166 e. The van der Waals surface area contributed by atoms with Gasteiger partial charge in [0.1, 0.15) is 0 Å². The minimum atomic E-state index is -4.27. The van der Waals surface area contributed by atoms with Crippen molar-refractivity contribution in [2.75, 3.05) is 0 Å². The van der Waals surface area contributed by atoms with E-state index in [1.165, 1.54) is 70.0 Å². The van der Waals surface area contributed by atoms with Crippen molar-refractivity contribution in [3.8, 4) is 11.1 Å². The lowest BCUT2D eigenvalue weighted by Crippen LogP contribution is -2.52. The SMILES string of the molecule is CC(C)(C)c1c(CC([Si](C)(C)C)[Si](C)(C)C)cccc1CC([Si](C)(C)C)[Si](C)(C)C.CC(C)(C)c1c([Si](C)(C)C)cccc1[Si](C)(C)C.CC(C)(C)c1ccccc1C(F)(F)F.CC(C)(C)c1ccccc1[Si](C)(C)C.Cc1cccc(C(F)(F)F)c1C(C)(C)C.Cc1cccc(C)c1C(C)(C)C.Cc1ccccc1C(C)(C)C.[2H]c1c([2H])c(-c2cccc(C(C)(C)C)c2C(C)(C)C)c([2H])c([2H])c1C. The average molecular weight is 1980 g/mol. The Morgan fingerprint density at radius 2 is 0.489 bits per heavy atom. The summed E-state index contributed by atoms with van der Waals surface area (Å²) in [5, 5.41) is 6.77. The first-order valence-electron chi connectivity index (χ1n) is 51.8. The molecule has 0 bridgehead atoms. The Morgan fingerprint density at radius 1 is 0.230 bits per heavy atom. The van der Waals surface area contributed by atoms with Crippen LogP contribution < -0.4 is 15.6 Å². The van der Waals surface area contributed by atoms with Gasteiger partial charge >= 0.3 is 12.4 Å². The van der Waals surface area contributed by atoms with Crippen LogP contribution in [0.1, 0.15) is 293 Å². The maximum Gasteiger partial charge on any atom is 0.416 e. The van der Waals surface area contributed by atoms with Crippen LogP contribution in [0.4, 0.5) is 26.3 Å². The standard InChI is InChI=1S/C26H54Si4.C21H28.C16H30Si2.C13H22Si.C12H15F3.C12H18.C11H13F3.C11H16/c1-26(2,3)25-21(19-23(27(4,5)6)28(7,8)9)17-16-18-22(25)20-24(29(10,11)12)30(13,14)15;1-15-11-13-16(14-12-15)17-9-8-10-18(20(2,3)4)19(17)21(5,6)7;1-16(2,3)15-13(17(4,5)6)11-10-12-14(15)18(7,8)9;1-13(2,3)11-9-7-8-10-12(11)14(4,5)6;1-8-6-5-7-9(12(13,14)15)10(8)11(2,3)4;1-9-7-6-8-10(2)11(9)12(3,4)5;1-10(2,3)8-6-4-5-7-9(8)11(12,13)14;1-9-7-5-6-8-10(9)11(2,3)4/h16-18,23-24H,19-20H2,1-15H3;8-14H,1-7H3;10-12H,1-9H3;7-10H,1-6H3;5-7H,1-4H3;6-8H,1-5H3;4-7H,1-3H3;5-8H,1-4H3/i;11D,12D,13D,14D;;;;;;. The zero-order valence-electron chi connectivity index (χ0n) is 99.9. The van der Waals surface area contributed by atoms with Crippen molar-refractivity contribution >= 4 is 72.1 Å². The highest BCUT2D eigenvalue weighted by molar-refractivity contribution is 6.97. The van der Waals surface area contributed by atoms with Crippen LogP contribution in [-0.4, -0.2) is 56.5 Å². The molecule has 0 saturated heterocycles. The number of hydrogen-bond donors (Lipinski definition) is 0. The van der Waals surface area contributed by atoms with Crippen molar-refractivity contribution in [1.29, 1.82) is 0 Å². The topological polar surface area (TPSA) is 0 Å². The Labute approximate surface area is 840 Å². The van der Waals surface area contributed by atoms with E-state index < -0.39 is 90.8 Å². The molecule has 0 aliphatic heterocycles. The lowest BCUT2D eigenvalue weighted by atomic mass is 9.72. The zero-order chi connectivity index (χ0) is 109. The number of rotatable bonds is 12. The van der Waals surface area contributed by atoms with E-state index in [1.807, 2.05) is 12.1 Å². The third-order valence-electron chi connectivity index (χ3n) is 25.2. The molecule has 0 radical (unpaired) electrons. The van der Waals surface area contributed by atoms with Gasteiger partial charge in [-0.1, -0.05) is 521 Å². The molecule has 0 spiro atoms. The molecule has 0 saturated carbocycles. The third-order valence-corrected chi connectivity index (χ3v) is 50.9. The van der Waals surface area contributed by atoms with Crippen molar-refractivity contribution < 1.29 is 31.8 Å². The molecule has 0 unspecified atom stereocenters. The van der Waals surface area contributed by atoms with Gasteiger partial charge in [0.2, 0.25) is 0 Å². The predicted octanol–water partition coefficient (Wildman–Crippen LogP) is 38.3. The Balaban J connectivity index is 0.000000549. The van der Waals surface area contributed by atoms with E-state index in [2.05, 4.69) is 413 Å². The van der Waals surface area contributed by atoms with Gasteiger partial charge in [0.05, 0.1) is 40.8 Å². The number of alkyl halides is 6. The van der Waals surface area contributed by atoms with Crippen molar-refractivity contribution in [3.63, 3.8) is 0 Å². The van der Waals surface area contributed by atoms with Crippen LogP contribution in [0, 0.1) is 34.6 Å². The molecule has 0 fully saturated rings. The first-order valence-corrected chi connectivity index (χ1v) is 74.6. The van der Waals surface area contributed by atoms with E-state index in [-0.39, 0.29) is 62.1 Å². The van der Waals surface area contributed by atoms with Crippen molar-refractivity contribution in [3.05, 3.63) is 288 Å². The largest absolute Gasteiger partial charge is 0.416 e. The summed E-state index contributed by atoms with van der Waals surface area (Å²) in [6, 6.07) is 54.6. The quantitative estimate of drug-likeness (QED) is 0.0845. The Kier molecular flexibility index (Phi) is 40.9. The second-order valence-corrected chi connectivity index (χ2v) is 93.0. The monoisotopic (exact) mass is 1980 g/mol. The Hall–Kier alpha value is -5.92. The van der Waals surface area contributed by atoms with Gasteiger partial charge in [-0.15, -0.1) is 0 Å². The predicted molar refractivity (Wildman–Crippen MR) is 616 cm³/mol. The first kappa shape index (κ1) is 118. The lowest BCUT2D eigenvalue weighted by molar-refractivity contribution is -0.139. The number of aryl methyl sites for hydroxylation is 4. The van der Waals surface area contributed by atoms with E-state index in [0.29, 0.717) is 27.8 Å². The molecule has 0 nitrogen and oxygen atoms in total. The molecule has 0 heterocycles. The highest BCUT2D eigenvalue weighted by atomic mass is 28.4. The summed E-state index contributed by atoms with van der Waals surface area (Å²) in [7, 11) is -8.62. The van der Waals surface area contributed by atoms with Crippen molar-refractivity contribution in [2.45, 2.75) is 443 Å². The summed E-state index contributed by atoms with van der Waals surface area (Å²) in [5.41, 5.74) is 19.6. The molecule has 9 aromatic rings. The van der Waals surface area contributed by atoms with Crippen LogP contribution >= 0.6 is 0 Å². The summed E-state index contributed by atoms with van der Waals surface area (Å²) in [5.74, 6) is 0. The highest BCUT2D eigenvalue weighted by Gasteiger charge is 2.43. The molecule has 0 aliphatic carbocycles. The van der Waals surface area contributed by atoms with Crippen LogP contribution in [0.25, 0.3) is 11.1 Å². The number of halogens is 6.